The van der Waals surface area contributed by atoms with Gasteiger partial charge in [-0.25, -0.2) is 0 Å². The first kappa shape index (κ1) is 22.7. The molecule has 2 unspecified atom stereocenters. The van der Waals surface area contributed by atoms with Gasteiger partial charge in [-0.1, -0.05) is 0 Å². The average molecular weight is 425 g/mol. The number of nitro groups is 1. The molecule has 0 N–H and O–H groups in total. The second-order valence-corrected chi connectivity index (χ2v) is 7.11. The summed E-state index contributed by atoms with van der Waals surface area (Å²) in [4.78, 5) is 15.2. The van der Waals surface area contributed by atoms with E-state index in [1.807, 2.05) is 0 Å². The predicted octanol–water partition coefficient (Wildman–Crippen LogP) is 1.03. The SMILES string of the molecule is O=[N+]([O-])c1ccc2c(c1)OCCN1CCOCCOCCN(CCOCC1)CCO2. The minimum atomic E-state index is -0.430. The Hall–Kier alpha value is -1.98. The quantitative estimate of drug-likeness (QED) is 0.371. The molecule has 3 rings (SSSR count). The van der Waals surface area contributed by atoms with Gasteiger partial charge in [0.25, 0.3) is 5.69 Å². The summed E-state index contributed by atoms with van der Waals surface area (Å²) in [6, 6.07) is 4.46. The number of rotatable bonds is 1. The van der Waals surface area contributed by atoms with Crippen LogP contribution in [0, 0.1) is 10.1 Å². The van der Waals surface area contributed by atoms with Gasteiger partial charge in [-0.2, -0.15) is 0 Å². The molecular weight excluding hydrogens is 394 g/mol. The monoisotopic (exact) mass is 425 g/mol. The van der Waals surface area contributed by atoms with Crippen LogP contribution in [0.3, 0.4) is 0 Å². The number of ether oxygens (including phenoxy) is 5. The lowest BCUT2D eigenvalue weighted by molar-refractivity contribution is -0.385. The highest BCUT2D eigenvalue weighted by atomic mass is 16.6. The molecule has 10 heteroatoms. The first-order valence-electron chi connectivity index (χ1n) is 10.4. The fourth-order valence-electron chi connectivity index (χ4n) is 3.28. The van der Waals surface area contributed by atoms with Crippen LogP contribution < -0.4 is 9.47 Å². The Labute approximate surface area is 176 Å². The lowest BCUT2D eigenvalue weighted by atomic mass is 10.3. The number of nitro benzene ring substituents is 1. The van der Waals surface area contributed by atoms with Gasteiger partial charge < -0.3 is 23.7 Å². The Kier molecular flexibility index (Phi) is 9.58. The van der Waals surface area contributed by atoms with Crippen molar-refractivity contribution in [1.82, 2.24) is 9.80 Å². The van der Waals surface area contributed by atoms with Crippen LogP contribution in [0.2, 0.25) is 0 Å². The summed E-state index contributed by atoms with van der Waals surface area (Å²) in [6.45, 7) is 8.85. The van der Waals surface area contributed by atoms with E-state index in [1.54, 1.807) is 6.07 Å². The van der Waals surface area contributed by atoms with Crippen molar-refractivity contribution in [3.63, 3.8) is 0 Å². The molecule has 168 valence electrons. The number of nitrogens with zero attached hydrogens (tertiary/aromatic N) is 3. The molecule has 0 radical (unpaired) electrons. The number of hydrogen-bond donors (Lipinski definition) is 0. The van der Waals surface area contributed by atoms with E-state index in [-0.39, 0.29) is 5.69 Å². The molecule has 1 aromatic rings. The molecule has 0 amide bonds. The van der Waals surface area contributed by atoms with Gasteiger partial charge in [-0.15, -0.1) is 0 Å². The third kappa shape index (κ3) is 7.69. The molecule has 0 saturated carbocycles. The summed E-state index contributed by atoms with van der Waals surface area (Å²) < 4.78 is 29.0. The third-order valence-electron chi connectivity index (χ3n) is 5.05. The molecule has 30 heavy (non-hydrogen) atoms. The van der Waals surface area contributed by atoms with Crippen LogP contribution in [0.5, 0.6) is 11.5 Å². The lowest BCUT2D eigenvalue weighted by Gasteiger charge is -2.22. The fraction of sp³-hybridized carbons (Fsp3) is 0.700. The summed E-state index contributed by atoms with van der Waals surface area (Å²) in [5, 5.41) is 11.2. The van der Waals surface area contributed by atoms with E-state index < -0.39 is 4.92 Å². The molecule has 2 aliphatic heterocycles. The zero-order valence-electron chi connectivity index (χ0n) is 17.3. The summed E-state index contributed by atoms with van der Waals surface area (Å²) in [5.74, 6) is 0.904. The predicted molar refractivity (Wildman–Crippen MR) is 109 cm³/mol. The van der Waals surface area contributed by atoms with Crippen molar-refractivity contribution in [2.24, 2.45) is 0 Å². The van der Waals surface area contributed by atoms with Gasteiger partial charge in [0.1, 0.15) is 13.2 Å². The summed E-state index contributed by atoms with van der Waals surface area (Å²) in [6.07, 6.45) is 0. The van der Waals surface area contributed by atoms with Crippen LogP contribution in [-0.2, 0) is 14.2 Å². The van der Waals surface area contributed by atoms with E-state index in [0.717, 1.165) is 26.2 Å². The molecule has 2 heterocycles. The highest BCUT2D eigenvalue weighted by Gasteiger charge is 2.15. The first-order chi connectivity index (χ1) is 14.7. The molecule has 1 aromatic carbocycles. The smallest absolute Gasteiger partial charge is 0.273 e. The zero-order chi connectivity index (χ0) is 21.0. The van der Waals surface area contributed by atoms with E-state index in [4.69, 9.17) is 23.7 Å². The van der Waals surface area contributed by atoms with E-state index in [0.29, 0.717) is 77.4 Å². The standard InChI is InChI=1S/C20H31N3O7/c24-23(25)18-1-2-19-20(17-18)30-14-8-22-4-10-26-9-3-21(7-13-29-19)5-11-27-15-16-28-12-6-22/h1-2,17H,3-16H2. The minimum absolute atomic E-state index is 0.0187. The number of hydrogen-bond acceptors (Lipinski definition) is 9. The summed E-state index contributed by atoms with van der Waals surface area (Å²) >= 11 is 0. The van der Waals surface area contributed by atoms with E-state index >= 15 is 0 Å². The number of fused-ring (bicyclic) bond motifs is 7. The maximum atomic E-state index is 11.2. The Morgan fingerprint density at radius 3 is 1.67 bits per heavy atom. The van der Waals surface area contributed by atoms with Crippen molar-refractivity contribution in [3.05, 3.63) is 28.3 Å². The normalized spacial score (nSPS) is 25.2. The van der Waals surface area contributed by atoms with Gasteiger partial charge in [0, 0.05) is 45.3 Å². The van der Waals surface area contributed by atoms with Crippen LogP contribution in [0.15, 0.2) is 18.2 Å². The fourth-order valence-corrected chi connectivity index (χ4v) is 3.28. The Balaban J connectivity index is 1.76. The van der Waals surface area contributed by atoms with Gasteiger partial charge in [0.2, 0.25) is 0 Å². The maximum absolute atomic E-state index is 11.2. The molecule has 0 aromatic heterocycles. The Bertz CT molecular complexity index is 661. The molecule has 2 atom stereocenters. The molecule has 10 nitrogen and oxygen atoms in total. The molecule has 1 saturated heterocycles. The van der Waals surface area contributed by atoms with Gasteiger partial charge in [0.05, 0.1) is 50.6 Å². The molecular formula is C20H31N3O7. The number of non-ortho nitro benzene ring substituents is 1. The van der Waals surface area contributed by atoms with E-state index in [2.05, 4.69) is 9.80 Å². The lowest BCUT2D eigenvalue weighted by Crippen LogP contribution is -2.36. The third-order valence-corrected chi connectivity index (χ3v) is 5.05. The largest absolute Gasteiger partial charge is 0.488 e. The second kappa shape index (κ2) is 12.7. The Morgan fingerprint density at radius 2 is 1.13 bits per heavy atom. The maximum Gasteiger partial charge on any atom is 0.273 e. The van der Waals surface area contributed by atoms with Crippen LogP contribution in [-0.4, -0.2) is 107 Å². The van der Waals surface area contributed by atoms with E-state index in [9.17, 15) is 10.1 Å². The van der Waals surface area contributed by atoms with Crippen LogP contribution in [0.1, 0.15) is 0 Å². The molecule has 1 fully saturated rings. The molecule has 2 aliphatic rings. The van der Waals surface area contributed by atoms with Crippen molar-refractivity contribution >= 4 is 5.69 Å². The van der Waals surface area contributed by atoms with Crippen molar-refractivity contribution in [1.29, 1.82) is 0 Å². The van der Waals surface area contributed by atoms with Crippen molar-refractivity contribution in [3.8, 4) is 11.5 Å². The second-order valence-electron chi connectivity index (χ2n) is 7.11. The first-order valence-corrected chi connectivity index (χ1v) is 10.4. The van der Waals surface area contributed by atoms with Crippen LogP contribution in [0.4, 0.5) is 5.69 Å². The number of benzene rings is 1. The van der Waals surface area contributed by atoms with Crippen LogP contribution in [0.25, 0.3) is 0 Å². The molecule has 2 bridgehead atoms. The zero-order valence-corrected chi connectivity index (χ0v) is 17.3. The summed E-state index contributed by atoms with van der Waals surface area (Å²) in [7, 11) is 0. The van der Waals surface area contributed by atoms with Gasteiger partial charge >= 0.3 is 0 Å². The van der Waals surface area contributed by atoms with Crippen LogP contribution >= 0.6 is 0 Å². The highest BCUT2D eigenvalue weighted by molar-refractivity contribution is 5.48. The van der Waals surface area contributed by atoms with Crippen molar-refractivity contribution in [2.45, 2.75) is 0 Å². The Morgan fingerprint density at radius 1 is 0.667 bits per heavy atom. The summed E-state index contributed by atoms with van der Waals surface area (Å²) in [5.41, 5.74) is -0.0187. The highest BCUT2D eigenvalue weighted by Crippen LogP contribution is 2.31. The van der Waals surface area contributed by atoms with E-state index in [1.165, 1.54) is 12.1 Å². The topological polar surface area (TPSA) is 95.8 Å². The van der Waals surface area contributed by atoms with Gasteiger partial charge in [-0.05, 0) is 6.07 Å². The minimum Gasteiger partial charge on any atom is -0.488 e. The van der Waals surface area contributed by atoms with Crippen molar-refractivity contribution in [2.75, 3.05) is 92.1 Å². The van der Waals surface area contributed by atoms with Crippen molar-refractivity contribution < 1.29 is 28.6 Å². The van der Waals surface area contributed by atoms with Gasteiger partial charge in [0.15, 0.2) is 11.5 Å². The van der Waals surface area contributed by atoms with Gasteiger partial charge in [-0.3, -0.25) is 19.9 Å². The average Bonchev–Trinajstić information content (AvgIpc) is 2.75. The molecule has 0 spiro atoms. The molecule has 0 aliphatic carbocycles.